The van der Waals surface area contributed by atoms with Gasteiger partial charge in [0.1, 0.15) is 0 Å². The Morgan fingerprint density at radius 1 is 1.20 bits per heavy atom. The molecule has 1 N–H and O–H groups in total. The predicted octanol–water partition coefficient (Wildman–Crippen LogP) is 3.61. The predicted molar refractivity (Wildman–Crippen MR) is 57.0 cm³/mol. The summed E-state index contributed by atoms with van der Waals surface area (Å²) in [6, 6.07) is 0. The zero-order chi connectivity index (χ0) is 11.5. The lowest BCUT2D eigenvalue weighted by Gasteiger charge is -2.41. The average molecular weight is 220 g/mol. The molecular weight excluding hydrogens is 198 g/mol. The highest BCUT2D eigenvalue weighted by Crippen LogP contribution is 2.40. The van der Waals surface area contributed by atoms with E-state index in [-0.39, 0.29) is 18.3 Å². The largest absolute Gasteiger partial charge is 0.389 e. The van der Waals surface area contributed by atoms with Gasteiger partial charge in [-0.1, -0.05) is 33.1 Å². The van der Waals surface area contributed by atoms with E-state index in [1.54, 1.807) is 0 Å². The van der Waals surface area contributed by atoms with Crippen LogP contribution >= 0.6 is 0 Å². The first-order valence-corrected chi connectivity index (χ1v) is 5.97. The molecule has 0 saturated heterocycles. The van der Waals surface area contributed by atoms with Crippen LogP contribution in [0.2, 0.25) is 0 Å². The van der Waals surface area contributed by atoms with Crippen LogP contribution in [0.1, 0.15) is 52.4 Å². The third-order valence-electron chi connectivity index (χ3n) is 3.79. The Morgan fingerprint density at radius 3 is 2.13 bits per heavy atom. The molecule has 0 bridgehead atoms. The van der Waals surface area contributed by atoms with Gasteiger partial charge in [0.05, 0.1) is 5.60 Å². The van der Waals surface area contributed by atoms with Gasteiger partial charge in [-0.3, -0.25) is 0 Å². The lowest BCUT2D eigenvalue weighted by molar-refractivity contribution is -0.106. The van der Waals surface area contributed by atoms with Crippen LogP contribution in [0.3, 0.4) is 0 Å². The maximum Gasteiger partial charge on any atom is 0.241 e. The van der Waals surface area contributed by atoms with Crippen LogP contribution in [0.4, 0.5) is 8.78 Å². The molecule has 1 unspecified atom stereocenters. The second-order valence-electron chi connectivity index (χ2n) is 5.08. The van der Waals surface area contributed by atoms with Gasteiger partial charge in [0, 0.05) is 6.42 Å². The molecule has 15 heavy (non-hydrogen) atoms. The third kappa shape index (κ3) is 3.13. The van der Waals surface area contributed by atoms with Crippen LogP contribution < -0.4 is 0 Å². The Kier molecular flexibility index (Phi) is 4.50. The molecule has 1 rings (SSSR count). The molecule has 1 nitrogen and oxygen atoms in total. The summed E-state index contributed by atoms with van der Waals surface area (Å²) in [7, 11) is 0. The van der Waals surface area contributed by atoms with E-state index in [9.17, 15) is 13.9 Å². The van der Waals surface area contributed by atoms with Crippen LogP contribution in [0.5, 0.6) is 0 Å². The van der Waals surface area contributed by atoms with E-state index in [0.717, 1.165) is 25.7 Å². The Balaban J connectivity index is 2.69. The second kappa shape index (κ2) is 5.24. The minimum atomic E-state index is -2.40. The molecule has 0 spiro atoms. The Bertz CT molecular complexity index is 188. The van der Waals surface area contributed by atoms with Gasteiger partial charge in [0.2, 0.25) is 6.43 Å². The molecule has 0 aromatic heterocycles. The highest BCUT2D eigenvalue weighted by Gasteiger charge is 2.41. The molecule has 0 aliphatic heterocycles. The van der Waals surface area contributed by atoms with Crippen molar-refractivity contribution in [3.05, 3.63) is 0 Å². The number of aliphatic hydroxyl groups is 1. The summed E-state index contributed by atoms with van der Waals surface area (Å²) in [5.74, 6) is -0.0187. The first-order valence-electron chi connectivity index (χ1n) is 5.97. The van der Waals surface area contributed by atoms with Gasteiger partial charge < -0.3 is 5.11 Å². The van der Waals surface area contributed by atoms with Crippen molar-refractivity contribution in [3.63, 3.8) is 0 Å². The first kappa shape index (κ1) is 12.9. The Hall–Kier alpha value is -0.180. The molecule has 0 radical (unpaired) electrons. The summed E-state index contributed by atoms with van der Waals surface area (Å²) in [6.45, 7) is 3.69. The summed E-state index contributed by atoms with van der Waals surface area (Å²) in [5, 5.41) is 10.4. The van der Waals surface area contributed by atoms with E-state index < -0.39 is 12.0 Å². The van der Waals surface area contributed by atoms with Gasteiger partial charge in [-0.15, -0.1) is 0 Å². The summed E-state index contributed by atoms with van der Waals surface area (Å²) >= 11 is 0. The number of halogens is 2. The van der Waals surface area contributed by atoms with Crippen molar-refractivity contribution >= 4 is 0 Å². The molecule has 3 heteroatoms. The van der Waals surface area contributed by atoms with Crippen molar-refractivity contribution in [2.45, 2.75) is 64.4 Å². The van der Waals surface area contributed by atoms with Crippen molar-refractivity contribution < 1.29 is 13.9 Å². The quantitative estimate of drug-likeness (QED) is 0.767. The molecule has 1 saturated carbocycles. The van der Waals surface area contributed by atoms with Gasteiger partial charge in [-0.25, -0.2) is 8.78 Å². The molecule has 0 aromatic carbocycles. The number of hydrogen-bond acceptors (Lipinski definition) is 1. The van der Waals surface area contributed by atoms with Crippen molar-refractivity contribution in [3.8, 4) is 0 Å². The monoisotopic (exact) mass is 220 g/mol. The number of alkyl halides is 2. The summed E-state index contributed by atoms with van der Waals surface area (Å²) < 4.78 is 25.0. The molecule has 1 fully saturated rings. The lowest BCUT2D eigenvalue weighted by Crippen LogP contribution is -2.45. The van der Waals surface area contributed by atoms with Crippen molar-refractivity contribution in [2.75, 3.05) is 0 Å². The molecule has 1 aliphatic carbocycles. The molecule has 1 aliphatic rings. The minimum absolute atomic E-state index is 0.0697. The number of rotatable bonds is 4. The van der Waals surface area contributed by atoms with Gasteiger partial charge in [-0.05, 0) is 24.7 Å². The fourth-order valence-electron chi connectivity index (χ4n) is 2.72. The summed E-state index contributed by atoms with van der Waals surface area (Å²) in [4.78, 5) is 0. The van der Waals surface area contributed by atoms with Crippen LogP contribution in [-0.2, 0) is 0 Å². The molecule has 0 heterocycles. The average Bonchev–Trinajstić information content (AvgIpc) is 2.17. The van der Waals surface area contributed by atoms with Crippen molar-refractivity contribution in [1.82, 2.24) is 0 Å². The van der Waals surface area contributed by atoms with Gasteiger partial charge in [0.25, 0.3) is 0 Å². The van der Waals surface area contributed by atoms with E-state index in [1.165, 1.54) is 6.42 Å². The molecule has 1 atom stereocenters. The van der Waals surface area contributed by atoms with E-state index >= 15 is 0 Å². The number of hydrogen-bond donors (Lipinski definition) is 1. The smallest absolute Gasteiger partial charge is 0.241 e. The zero-order valence-corrected chi connectivity index (χ0v) is 9.68. The minimum Gasteiger partial charge on any atom is -0.389 e. The van der Waals surface area contributed by atoms with Crippen molar-refractivity contribution in [2.24, 2.45) is 11.8 Å². The standard InChI is InChI=1S/C12H22F2O/c1-9(2)12(15,8-11(13)14)10-6-4-3-5-7-10/h9-11,15H,3-8H2,1-2H3. The third-order valence-corrected chi connectivity index (χ3v) is 3.79. The van der Waals surface area contributed by atoms with E-state index in [2.05, 4.69) is 0 Å². The summed E-state index contributed by atoms with van der Waals surface area (Å²) in [6.07, 6.45) is 2.36. The van der Waals surface area contributed by atoms with Gasteiger partial charge >= 0.3 is 0 Å². The SMILES string of the molecule is CC(C)C(O)(CC(F)F)C1CCCCC1. The highest BCUT2D eigenvalue weighted by atomic mass is 19.3. The molecule has 0 amide bonds. The van der Waals surface area contributed by atoms with Crippen LogP contribution in [0.25, 0.3) is 0 Å². The van der Waals surface area contributed by atoms with Crippen LogP contribution in [0, 0.1) is 11.8 Å². The maximum absolute atomic E-state index is 12.5. The van der Waals surface area contributed by atoms with E-state index in [4.69, 9.17) is 0 Å². The van der Waals surface area contributed by atoms with E-state index in [1.807, 2.05) is 13.8 Å². The molecule has 90 valence electrons. The topological polar surface area (TPSA) is 20.2 Å². The normalized spacial score (nSPS) is 23.4. The van der Waals surface area contributed by atoms with E-state index in [0.29, 0.717) is 0 Å². The molecule has 0 aromatic rings. The van der Waals surface area contributed by atoms with Crippen molar-refractivity contribution in [1.29, 1.82) is 0 Å². The maximum atomic E-state index is 12.5. The highest BCUT2D eigenvalue weighted by molar-refractivity contribution is 4.91. The first-order chi connectivity index (χ1) is 6.97. The fraction of sp³-hybridized carbons (Fsp3) is 1.00. The lowest BCUT2D eigenvalue weighted by atomic mass is 9.70. The van der Waals surface area contributed by atoms with Crippen LogP contribution in [-0.4, -0.2) is 17.1 Å². The zero-order valence-electron chi connectivity index (χ0n) is 9.68. The fourth-order valence-corrected chi connectivity index (χ4v) is 2.72. The summed E-state index contributed by atoms with van der Waals surface area (Å²) in [5.41, 5.74) is -1.16. The van der Waals surface area contributed by atoms with Gasteiger partial charge in [0.15, 0.2) is 0 Å². The Morgan fingerprint density at radius 2 is 1.73 bits per heavy atom. The Labute approximate surface area is 90.9 Å². The molecular formula is C12H22F2O. The van der Waals surface area contributed by atoms with Gasteiger partial charge in [-0.2, -0.15) is 0 Å². The second-order valence-corrected chi connectivity index (χ2v) is 5.08. The van der Waals surface area contributed by atoms with Crippen LogP contribution in [0.15, 0.2) is 0 Å².